The standard InChI is InChI=1S/C15H20F3N3O2/c1-9(2)21-14(23)12-6-11(5-4-10(12)3)19-7-13(22)20-8-15(16,17)18/h4-6,9,19H,7-8H2,1-3H3,(H,20,22)(H,21,23). The fourth-order valence-corrected chi connectivity index (χ4v) is 1.76. The number of alkyl halides is 3. The van der Waals surface area contributed by atoms with Crippen molar-refractivity contribution >= 4 is 17.5 Å². The first-order valence-corrected chi connectivity index (χ1v) is 7.07. The fraction of sp³-hybridized carbons (Fsp3) is 0.467. The number of nitrogens with one attached hydrogen (secondary N) is 3. The highest BCUT2D eigenvalue weighted by Crippen LogP contribution is 2.16. The highest BCUT2D eigenvalue weighted by molar-refractivity contribution is 5.96. The monoisotopic (exact) mass is 331 g/mol. The van der Waals surface area contributed by atoms with E-state index in [1.54, 1.807) is 30.4 Å². The lowest BCUT2D eigenvalue weighted by Crippen LogP contribution is -2.37. The van der Waals surface area contributed by atoms with Crippen LogP contribution in [0.4, 0.5) is 18.9 Å². The first kappa shape index (κ1) is 18.8. The van der Waals surface area contributed by atoms with Crippen LogP contribution in [0.2, 0.25) is 0 Å². The van der Waals surface area contributed by atoms with Crippen LogP contribution in [0.3, 0.4) is 0 Å². The minimum absolute atomic E-state index is 0.0216. The van der Waals surface area contributed by atoms with Crippen LogP contribution in [0.15, 0.2) is 18.2 Å². The van der Waals surface area contributed by atoms with E-state index < -0.39 is 18.6 Å². The zero-order valence-corrected chi connectivity index (χ0v) is 13.2. The SMILES string of the molecule is Cc1ccc(NCC(=O)NCC(F)(F)F)cc1C(=O)NC(C)C. The molecule has 0 unspecified atom stereocenters. The normalized spacial score (nSPS) is 11.3. The molecule has 1 rings (SSSR count). The minimum atomic E-state index is -4.44. The van der Waals surface area contributed by atoms with Gasteiger partial charge < -0.3 is 16.0 Å². The maximum absolute atomic E-state index is 12.0. The predicted molar refractivity (Wildman–Crippen MR) is 81.3 cm³/mol. The molecule has 0 saturated heterocycles. The highest BCUT2D eigenvalue weighted by Gasteiger charge is 2.27. The summed E-state index contributed by atoms with van der Waals surface area (Å²) in [4.78, 5) is 23.4. The summed E-state index contributed by atoms with van der Waals surface area (Å²) in [6.07, 6.45) is -4.44. The Labute approximate surface area is 132 Å². The van der Waals surface area contributed by atoms with Crippen molar-refractivity contribution in [3.63, 3.8) is 0 Å². The van der Waals surface area contributed by atoms with E-state index in [9.17, 15) is 22.8 Å². The van der Waals surface area contributed by atoms with E-state index in [-0.39, 0.29) is 18.5 Å². The van der Waals surface area contributed by atoms with E-state index in [0.717, 1.165) is 5.56 Å². The number of hydrogen-bond acceptors (Lipinski definition) is 3. The molecule has 0 fully saturated rings. The van der Waals surface area contributed by atoms with Gasteiger partial charge in [-0.25, -0.2) is 0 Å². The lowest BCUT2D eigenvalue weighted by Gasteiger charge is -2.13. The third kappa shape index (κ3) is 7.03. The Morgan fingerprint density at radius 3 is 2.43 bits per heavy atom. The van der Waals surface area contributed by atoms with Crippen molar-refractivity contribution in [2.24, 2.45) is 0 Å². The molecule has 8 heteroatoms. The molecule has 0 radical (unpaired) electrons. The van der Waals surface area contributed by atoms with Gasteiger partial charge in [-0.3, -0.25) is 9.59 Å². The van der Waals surface area contributed by atoms with E-state index in [2.05, 4.69) is 10.6 Å². The molecule has 1 aromatic rings. The molecular formula is C15H20F3N3O2. The van der Waals surface area contributed by atoms with Crippen LogP contribution in [0.25, 0.3) is 0 Å². The van der Waals surface area contributed by atoms with E-state index >= 15 is 0 Å². The van der Waals surface area contributed by atoms with Crippen LogP contribution in [-0.4, -0.2) is 37.1 Å². The van der Waals surface area contributed by atoms with Crippen molar-refractivity contribution in [2.75, 3.05) is 18.4 Å². The van der Waals surface area contributed by atoms with Gasteiger partial charge in [0.25, 0.3) is 5.91 Å². The number of anilines is 1. The summed E-state index contributed by atoms with van der Waals surface area (Å²) in [6.45, 7) is 3.75. The van der Waals surface area contributed by atoms with Crippen LogP contribution in [0, 0.1) is 6.92 Å². The van der Waals surface area contributed by atoms with E-state index in [0.29, 0.717) is 11.3 Å². The molecule has 0 saturated carbocycles. The van der Waals surface area contributed by atoms with Crippen LogP contribution in [0.1, 0.15) is 29.8 Å². The summed E-state index contributed by atoms with van der Waals surface area (Å²) in [5.74, 6) is -1.03. The number of carbonyl (C=O) groups is 2. The summed E-state index contributed by atoms with van der Waals surface area (Å²) < 4.78 is 36.0. The first-order chi connectivity index (χ1) is 10.6. The second-order valence-electron chi connectivity index (χ2n) is 5.40. The molecule has 0 aliphatic carbocycles. The van der Waals surface area contributed by atoms with Gasteiger partial charge in [-0.05, 0) is 38.5 Å². The smallest absolute Gasteiger partial charge is 0.376 e. The van der Waals surface area contributed by atoms with Gasteiger partial charge in [-0.2, -0.15) is 13.2 Å². The molecule has 2 amide bonds. The van der Waals surface area contributed by atoms with Crippen LogP contribution in [-0.2, 0) is 4.79 Å². The second kappa shape index (κ2) is 7.85. The van der Waals surface area contributed by atoms with Gasteiger partial charge in [-0.15, -0.1) is 0 Å². The van der Waals surface area contributed by atoms with Gasteiger partial charge in [0.1, 0.15) is 6.54 Å². The molecule has 0 aliphatic rings. The number of hydrogen-bond donors (Lipinski definition) is 3. The van der Waals surface area contributed by atoms with Gasteiger partial charge in [-0.1, -0.05) is 6.07 Å². The molecule has 0 aliphatic heterocycles. The van der Waals surface area contributed by atoms with E-state index in [1.807, 2.05) is 13.8 Å². The third-order valence-electron chi connectivity index (χ3n) is 2.84. The molecular weight excluding hydrogens is 311 g/mol. The number of benzene rings is 1. The molecule has 0 heterocycles. The second-order valence-corrected chi connectivity index (χ2v) is 5.40. The van der Waals surface area contributed by atoms with Crippen LogP contribution in [0.5, 0.6) is 0 Å². The Morgan fingerprint density at radius 1 is 1.22 bits per heavy atom. The number of amides is 2. The van der Waals surface area contributed by atoms with Gasteiger partial charge in [0.05, 0.1) is 6.54 Å². The Kier molecular flexibility index (Phi) is 6.41. The van der Waals surface area contributed by atoms with Crippen molar-refractivity contribution in [1.29, 1.82) is 0 Å². The van der Waals surface area contributed by atoms with E-state index in [1.165, 1.54) is 0 Å². The summed E-state index contributed by atoms with van der Waals surface area (Å²) in [5, 5.41) is 7.22. The lowest BCUT2D eigenvalue weighted by atomic mass is 10.1. The fourth-order valence-electron chi connectivity index (χ4n) is 1.76. The van der Waals surface area contributed by atoms with Crippen molar-refractivity contribution in [1.82, 2.24) is 10.6 Å². The van der Waals surface area contributed by atoms with Crippen molar-refractivity contribution in [3.05, 3.63) is 29.3 Å². The van der Waals surface area contributed by atoms with Crippen molar-refractivity contribution in [2.45, 2.75) is 33.0 Å². The molecule has 1 aromatic carbocycles. The van der Waals surface area contributed by atoms with Crippen molar-refractivity contribution in [3.8, 4) is 0 Å². The Balaban J connectivity index is 2.64. The molecule has 23 heavy (non-hydrogen) atoms. The lowest BCUT2D eigenvalue weighted by molar-refractivity contribution is -0.137. The summed E-state index contributed by atoms with van der Waals surface area (Å²) in [6, 6.07) is 4.89. The quantitative estimate of drug-likeness (QED) is 0.749. The topological polar surface area (TPSA) is 70.2 Å². The molecule has 128 valence electrons. The maximum atomic E-state index is 12.0. The number of halogens is 3. The first-order valence-electron chi connectivity index (χ1n) is 7.07. The Morgan fingerprint density at radius 2 is 1.87 bits per heavy atom. The van der Waals surface area contributed by atoms with Crippen molar-refractivity contribution < 1.29 is 22.8 Å². The predicted octanol–water partition coefficient (Wildman–Crippen LogP) is 2.22. The molecule has 5 nitrogen and oxygen atoms in total. The average molecular weight is 331 g/mol. The Hall–Kier alpha value is -2.25. The third-order valence-corrected chi connectivity index (χ3v) is 2.84. The van der Waals surface area contributed by atoms with Gasteiger partial charge in [0.2, 0.25) is 5.91 Å². The van der Waals surface area contributed by atoms with E-state index in [4.69, 9.17) is 0 Å². The number of rotatable bonds is 6. The van der Waals surface area contributed by atoms with Crippen LogP contribution < -0.4 is 16.0 Å². The highest BCUT2D eigenvalue weighted by atomic mass is 19.4. The number of carbonyl (C=O) groups excluding carboxylic acids is 2. The van der Waals surface area contributed by atoms with Gasteiger partial charge in [0.15, 0.2) is 0 Å². The molecule has 3 N–H and O–H groups in total. The Bertz CT molecular complexity index is 572. The zero-order chi connectivity index (χ0) is 17.6. The zero-order valence-electron chi connectivity index (χ0n) is 13.2. The summed E-state index contributed by atoms with van der Waals surface area (Å²) in [7, 11) is 0. The summed E-state index contributed by atoms with van der Waals surface area (Å²) in [5.41, 5.74) is 1.68. The molecule has 0 aromatic heterocycles. The molecule has 0 bridgehead atoms. The minimum Gasteiger partial charge on any atom is -0.376 e. The largest absolute Gasteiger partial charge is 0.405 e. The maximum Gasteiger partial charge on any atom is 0.405 e. The van der Waals surface area contributed by atoms with Gasteiger partial charge >= 0.3 is 6.18 Å². The van der Waals surface area contributed by atoms with Gasteiger partial charge in [0, 0.05) is 17.3 Å². The molecule has 0 spiro atoms. The average Bonchev–Trinajstić information content (AvgIpc) is 2.42. The summed E-state index contributed by atoms with van der Waals surface area (Å²) >= 11 is 0. The molecule has 0 atom stereocenters. The number of aryl methyl sites for hydroxylation is 1. The van der Waals surface area contributed by atoms with Crippen LogP contribution >= 0.6 is 0 Å².